The van der Waals surface area contributed by atoms with Gasteiger partial charge in [0.25, 0.3) is 0 Å². The van der Waals surface area contributed by atoms with Crippen LogP contribution in [0.15, 0.2) is 24.3 Å². The van der Waals surface area contributed by atoms with Crippen molar-refractivity contribution >= 4 is 5.91 Å². The Balaban J connectivity index is 2.72. The van der Waals surface area contributed by atoms with Gasteiger partial charge in [-0.25, -0.2) is 0 Å². The molecule has 2 N–H and O–H groups in total. The van der Waals surface area contributed by atoms with E-state index in [2.05, 4.69) is 4.74 Å². The number of carbonyl (C=O) groups excluding carboxylic acids is 1. The van der Waals surface area contributed by atoms with Gasteiger partial charge in [0.05, 0.1) is 6.07 Å². The van der Waals surface area contributed by atoms with Gasteiger partial charge in [0.2, 0.25) is 5.91 Å². The molecule has 96 valence electrons. The van der Waals surface area contributed by atoms with E-state index in [1.165, 1.54) is 12.1 Å². The fourth-order valence-electron chi connectivity index (χ4n) is 1.27. The number of hydrogen-bond acceptors (Lipinski definition) is 3. The van der Waals surface area contributed by atoms with Gasteiger partial charge < -0.3 is 10.5 Å². The highest BCUT2D eigenvalue weighted by Crippen LogP contribution is 2.23. The predicted octanol–water partition coefficient (Wildman–Crippen LogP) is 1.75. The fourth-order valence-corrected chi connectivity index (χ4v) is 1.27. The van der Waals surface area contributed by atoms with E-state index < -0.39 is 18.2 Å². The number of rotatable bonds is 4. The molecule has 0 aliphatic heterocycles. The van der Waals surface area contributed by atoms with E-state index in [1.807, 2.05) is 0 Å². The summed E-state index contributed by atoms with van der Waals surface area (Å²) in [5, 5.41) is 8.64. The first-order valence-corrected chi connectivity index (χ1v) is 4.85. The van der Waals surface area contributed by atoms with E-state index in [-0.39, 0.29) is 12.2 Å². The molecule has 1 amide bonds. The van der Waals surface area contributed by atoms with Crippen molar-refractivity contribution in [1.82, 2.24) is 0 Å². The monoisotopic (exact) mass is 258 g/mol. The third-order valence-electron chi connectivity index (χ3n) is 2.10. The van der Waals surface area contributed by atoms with Crippen LogP contribution in [0.4, 0.5) is 13.2 Å². The number of amides is 1. The summed E-state index contributed by atoms with van der Waals surface area (Å²) in [6, 6.07) is 6.62. The summed E-state index contributed by atoms with van der Waals surface area (Å²) in [6.45, 7) is 0. The number of nitrogens with two attached hydrogens (primary N) is 1. The molecule has 1 rings (SSSR count). The Morgan fingerprint density at radius 3 is 2.33 bits per heavy atom. The van der Waals surface area contributed by atoms with Gasteiger partial charge in [-0.3, -0.25) is 4.79 Å². The number of alkyl halides is 3. The molecule has 0 saturated heterocycles. The molecular formula is C11H9F3N2O2. The summed E-state index contributed by atoms with van der Waals surface area (Å²) >= 11 is 0. The molecule has 0 spiro atoms. The topological polar surface area (TPSA) is 76.1 Å². The minimum atomic E-state index is -4.75. The molecule has 18 heavy (non-hydrogen) atoms. The zero-order chi connectivity index (χ0) is 13.8. The largest absolute Gasteiger partial charge is 0.573 e. The molecule has 0 fully saturated rings. The van der Waals surface area contributed by atoms with Gasteiger partial charge in [-0.2, -0.15) is 5.26 Å². The lowest BCUT2D eigenvalue weighted by Crippen LogP contribution is -2.23. The summed E-state index contributed by atoms with van der Waals surface area (Å²) in [4.78, 5) is 10.8. The van der Waals surface area contributed by atoms with Crippen molar-refractivity contribution in [3.8, 4) is 11.8 Å². The maximum Gasteiger partial charge on any atom is 0.573 e. The second-order valence-electron chi connectivity index (χ2n) is 3.48. The number of nitrogens with zero attached hydrogens (tertiary/aromatic N) is 1. The van der Waals surface area contributed by atoms with Gasteiger partial charge in [-0.15, -0.1) is 13.2 Å². The van der Waals surface area contributed by atoms with Crippen molar-refractivity contribution in [2.24, 2.45) is 11.7 Å². The lowest BCUT2D eigenvalue weighted by atomic mass is 10.0. The summed E-state index contributed by atoms with van der Waals surface area (Å²) < 4.78 is 39.3. The molecule has 1 unspecified atom stereocenters. The molecule has 0 saturated carbocycles. The summed E-state index contributed by atoms with van der Waals surface area (Å²) in [6.07, 6.45) is -4.69. The lowest BCUT2D eigenvalue weighted by molar-refractivity contribution is -0.274. The SMILES string of the molecule is N#CC(Cc1ccc(OC(F)(F)F)cc1)C(N)=O. The fraction of sp³-hybridized carbons (Fsp3) is 0.273. The lowest BCUT2D eigenvalue weighted by Gasteiger charge is -2.09. The van der Waals surface area contributed by atoms with Crippen LogP contribution in [-0.2, 0) is 11.2 Å². The molecule has 0 aliphatic carbocycles. The van der Waals surface area contributed by atoms with Crippen LogP contribution in [0, 0.1) is 17.2 Å². The molecule has 7 heteroatoms. The van der Waals surface area contributed by atoms with Crippen molar-refractivity contribution < 1.29 is 22.7 Å². The molecular weight excluding hydrogens is 249 g/mol. The van der Waals surface area contributed by atoms with Crippen LogP contribution < -0.4 is 10.5 Å². The van der Waals surface area contributed by atoms with Crippen molar-refractivity contribution in [2.75, 3.05) is 0 Å². The van der Waals surface area contributed by atoms with Crippen LogP contribution in [0.25, 0.3) is 0 Å². The number of benzene rings is 1. The van der Waals surface area contributed by atoms with Crippen LogP contribution >= 0.6 is 0 Å². The van der Waals surface area contributed by atoms with E-state index in [0.29, 0.717) is 5.56 Å². The van der Waals surface area contributed by atoms with Crippen LogP contribution in [-0.4, -0.2) is 12.3 Å². The molecule has 1 aromatic carbocycles. The molecule has 0 bridgehead atoms. The number of hydrogen-bond donors (Lipinski definition) is 1. The Labute approximate surface area is 101 Å². The van der Waals surface area contributed by atoms with Gasteiger partial charge in [0, 0.05) is 0 Å². The Morgan fingerprint density at radius 1 is 1.39 bits per heavy atom. The van der Waals surface area contributed by atoms with E-state index in [1.54, 1.807) is 6.07 Å². The number of nitriles is 1. The smallest absolute Gasteiger partial charge is 0.406 e. The van der Waals surface area contributed by atoms with Gasteiger partial charge in [-0.05, 0) is 24.1 Å². The minimum Gasteiger partial charge on any atom is -0.406 e. The number of halogens is 3. The molecule has 0 aromatic heterocycles. The standard InChI is InChI=1S/C11H9F3N2O2/c12-11(13,14)18-9-3-1-7(2-4-9)5-8(6-15)10(16)17/h1-4,8H,5H2,(H2,16,17). The van der Waals surface area contributed by atoms with E-state index in [0.717, 1.165) is 12.1 Å². The highest BCUT2D eigenvalue weighted by Gasteiger charge is 2.31. The quantitative estimate of drug-likeness (QED) is 0.893. The minimum absolute atomic E-state index is 0.0537. The Morgan fingerprint density at radius 2 is 1.94 bits per heavy atom. The molecule has 0 aliphatic rings. The zero-order valence-corrected chi connectivity index (χ0v) is 9.07. The van der Waals surface area contributed by atoms with Crippen molar-refractivity contribution in [3.63, 3.8) is 0 Å². The first-order chi connectivity index (χ1) is 8.31. The Kier molecular flexibility index (Phi) is 4.15. The highest BCUT2D eigenvalue weighted by atomic mass is 19.4. The average Bonchev–Trinajstić information content (AvgIpc) is 2.25. The maximum atomic E-state index is 11.9. The van der Waals surface area contributed by atoms with Gasteiger partial charge >= 0.3 is 6.36 Å². The van der Waals surface area contributed by atoms with Crippen LogP contribution in [0.1, 0.15) is 5.56 Å². The molecule has 1 atom stereocenters. The summed E-state index contributed by atoms with van der Waals surface area (Å²) in [7, 11) is 0. The van der Waals surface area contributed by atoms with Crippen LogP contribution in [0.3, 0.4) is 0 Å². The third kappa shape index (κ3) is 4.33. The molecule has 0 heterocycles. The number of ether oxygens (including phenoxy) is 1. The normalized spacial score (nSPS) is 12.6. The average molecular weight is 258 g/mol. The van der Waals surface area contributed by atoms with Crippen molar-refractivity contribution in [1.29, 1.82) is 5.26 Å². The third-order valence-corrected chi connectivity index (χ3v) is 2.10. The van der Waals surface area contributed by atoms with E-state index in [9.17, 15) is 18.0 Å². The number of primary amides is 1. The highest BCUT2D eigenvalue weighted by molar-refractivity contribution is 5.79. The van der Waals surface area contributed by atoms with Gasteiger partial charge in [0.15, 0.2) is 0 Å². The molecule has 0 radical (unpaired) electrons. The second kappa shape index (κ2) is 5.40. The predicted molar refractivity (Wildman–Crippen MR) is 55.1 cm³/mol. The van der Waals surface area contributed by atoms with Gasteiger partial charge in [-0.1, -0.05) is 12.1 Å². The van der Waals surface area contributed by atoms with Gasteiger partial charge in [0.1, 0.15) is 11.7 Å². The molecule has 1 aromatic rings. The Hall–Kier alpha value is -2.23. The van der Waals surface area contributed by atoms with Crippen molar-refractivity contribution in [2.45, 2.75) is 12.8 Å². The second-order valence-corrected chi connectivity index (χ2v) is 3.48. The first-order valence-electron chi connectivity index (χ1n) is 4.85. The number of carbonyl (C=O) groups is 1. The van der Waals surface area contributed by atoms with E-state index in [4.69, 9.17) is 11.0 Å². The van der Waals surface area contributed by atoms with Crippen LogP contribution in [0.2, 0.25) is 0 Å². The maximum absolute atomic E-state index is 11.9. The Bertz CT molecular complexity index is 463. The molecule has 4 nitrogen and oxygen atoms in total. The first kappa shape index (κ1) is 13.8. The summed E-state index contributed by atoms with van der Waals surface area (Å²) in [5.74, 6) is -2.13. The summed E-state index contributed by atoms with van der Waals surface area (Å²) in [5.41, 5.74) is 5.50. The zero-order valence-electron chi connectivity index (χ0n) is 9.07. The van der Waals surface area contributed by atoms with Crippen molar-refractivity contribution in [3.05, 3.63) is 29.8 Å². The van der Waals surface area contributed by atoms with E-state index >= 15 is 0 Å². The van der Waals surface area contributed by atoms with Crippen LogP contribution in [0.5, 0.6) is 5.75 Å².